The number of allylic oxidation sites excluding steroid dienone is 3. The summed E-state index contributed by atoms with van der Waals surface area (Å²) in [5.74, 6) is 1.04. The van der Waals surface area contributed by atoms with Crippen LogP contribution < -0.4 is 19.5 Å². The maximum atomic E-state index is 13.3. The molecular weight excluding hydrogens is 422 g/mol. The Labute approximate surface area is 192 Å². The third-order valence-electron chi connectivity index (χ3n) is 6.05. The predicted molar refractivity (Wildman–Crippen MR) is 120 cm³/mol. The van der Waals surface area contributed by atoms with Crippen molar-refractivity contribution in [3.63, 3.8) is 0 Å². The van der Waals surface area contributed by atoms with Crippen molar-refractivity contribution in [3.8, 4) is 17.2 Å². The van der Waals surface area contributed by atoms with Crippen molar-refractivity contribution in [2.24, 2.45) is 0 Å². The molecule has 0 radical (unpaired) electrons. The lowest BCUT2D eigenvalue weighted by Gasteiger charge is -2.34. The number of para-hydroxylation sites is 1. The minimum absolute atomic E-state index is 0.0524. The van der Waals surface area contributed by atoms with E-state index in [1.54, 1.807) is 0 Å². The second kappa shape index (κ2) is 9.02. The first kappa shape index (κ1) is 21.1. The van der Waals surface area contributed by atoms with Gasteiger partial charge in [-0.05, 0) is 49.6 Å². The highest BCUT2D eigenvalue weighted by atomic mass is 16.7. The van der Waals surface area contributed by atoms with Crippen LogP contribution >= 0.6 is 0 Å². The Morgan fingerprint density at radius 2 is 1.88 bits per heavy atom. The molecular formula is C26H25NO6. The lowest BCUT2D eigenvalue weighted by atomic mass is 9.75. The molecule has 33 heavy (non-hydrogen) atoms. The second-order valence-electron chi connectivity index (χ2n) is 8.18. The van der Waals surface area contributed by atoms with Gasteiger partial charge in [-0.1, -0.05) is 24.3 Å². The lowest BCUT2D eigenvalue weighted by Crippen LogP contribution is -2.34. The molecule has 5 rings (SSSR count). The van der Waals surface area contributed by atoms with Gasteiger partial charge in [-0.15, -0.1) is 0 Å². The van der Waals surface area contributed by atoms with Gasteiger partial charge >= 0.3 is 5.97 Å². The molecule has 1 atom stereocenters. The van der Waals surface area contributed by atoms with E-state index in [2.05, 4.69) is 5.32 Å². The summed E-state index contributed by atoms with van der Waals surface area (Å²) >= 11 is 0. The van der Waals surface area contributed by atoms with E-state index in [1.165, 1.54) is 0 Å². The molecule has 0 aromatic heterocycles. The number of ether oxygens (including phenoxy) is 4. The average Bonchev–Trinajstić information content (AvgIpc) is 3.29. The van der Waals surface area contributed by atoms with Gasteiger partial charge in [0.2, 0.25) is 6.79 Å². The van der Waals surface area contributed by atoms with Crippen LogP contribution in [0.25, 0.3) is 0 Å². The van der Waals surface area contributed by atoms with Gasteiger partial charge in [0.05, 0.1) is 5.57 Å². The number of hydrogen-bond donors (Lipinski definition) is 1. The number of carbonyl (C=O) groups is 2. The summed E-state index contributed by atoms with van der Waals surface area (Å²) in [6.07, 6.45) is 2.03. The average molecular weight is 447 g/mol. The van der Waals surface area contributed by atoms with E-state index in [-0.39, 0.29) is 25.8 Å². The van der Waals surface area contributed by atoms with E-state index in [0.29, 0.717) is 40.5 Å². The first-order valence-corrected chi connectivity index (χ1v) is 11.1. The summed E-state index contributed by atoms with van der Waals surface area (Å²) in [5.41, 5.74) is 3.45. The number of dihydropyridines is 1. The molecule has 2 aliphatic heterocycles. The van der Waals surface area contributed by atoms with Crippen molar-refractivity contribution in [3.05, 3.63) is 76.6 Å². The Kier molecular flexibility index (Phi) is 5.77. The van der Waals surface area contributed by atoms with Crippen LogP contribution in [-0.4, -0.2) is 31.8 Å². The summed E-state index contributed by atoms with van der Waals surface area (Å²) in [7, 11) is 0. The Balaban J connectivity index is 1.40. The predicted octanol–water partition coefficient (Wildman–Crippen LogP) is 4.01. The van der Waals surface area contributed by atoms with Gasteiger partial charge in [0.1, 0.15) is 19.0 Å². The summed E-state index contributed by atoms with van der Waals surface area (Å²) in [4.78, 5) is 26.2. The zero-order chi connectivity index (χ0) is 22.8. The van der Waals surface area contributed by atoms with Gasteiger partial charge in [-0.3, -0.25) is 4.79 Å². The lowest BCUT2D eigenvalue weighted by molar-refractivity contribution is -0.140. The number of benzene rings is 2. The summed E-state index contributed by atoms with van der Waals surface area (Å²) in [5, 5.41) is 3.30. The molecule has 1 aliphatic carbocycles. The van der Waals surface area contributed by atoms with Crippen LogP contribution in [0.2, 0.25) is 0 Å². The van der Waals surface area contributed by atoms with E-state index >= 15 is 0 Å². The summed E-state index contributed by atoms with van der Waals surface area (Å²) in [6.45, 7) is 2.33. The molecule has 0 bridgehead atoms. The maximum absolute atomic E-state index is 13.3. The fraction of sp³-hybridized carbons (Fsp3) is 0.308. The standard InChI is InChI=1S/C26H25NO6/c1-16-23(26(29)31-13-12-30-18-6-3-2-4-7-18)24(25-19(27-16)8-5-9-20(25)28)17-10-11-21-22(14-17)33-15-32-21/h2-4,6-7,10-11,14,24,27H,5,8-9,12-13,15H2,1H3. The van der Waals surface area contributed by atoms with Crippen LogP contribution in [0, 0.1) is 0 Å². The van der Waals surface area contributed by atoms with E-state index in [4.69, 9.17) is 18.9 Å². The zero-order valence-corrected chi connectivity index (χ0v) is 18.4. The Bertz CT molecular complexity index is 1150. The topological polar surface area (TPSA) is 83.1 Å². The van der Waals surface area contributed by atoms with Crippen molar-refractivity contribution in [2.75, 3.05) is 20.0 Å². The third-order valence-corrected chi connectivity index (χ3v) is 6.05. The molecule has 1 unspecified atom stereocenters. The largest absolute Gasteiger partial charge is 0.490 e. The summed E-state index contributed by atoms with van der Waals surface area (Å²) in [6, 6.07) is 14.9. The van der Waals surface area contributed by atoms with Crippen molar-refractivity contribution in [1.29, 1.82) is 0 Å². The molecule has 1 N–H and O–H groups in total. The number of rotatable bonds is 6. The van der Waals surface area contributed by atoms with E-state index in [9.17, 15) is 9.59 Å². The molecule has 0 saturated heterocycles. The van der Waals surface area contributed by atoms with E-state index < -0.39 is 11.9 Å². The molecule has 7 heteroatoms. The van der Waals surface area contributed by atoms with E-state index in [1.807, 2.05) is 55.5 Å². The molecule has 0 spiro atoms. The van der Waals surface area contributed by atoms with Crippen LogP contribution in [-0.2, 0) is 14.3 Å². The van der Waals surface area contributed by atoms with Gasteiger partial charge in [0.25, 0.3) is 0 Å². The number of ketones is 1. The highest BCUT2D eigenvalue weighted by molar-refractivity contribution is 6.03. The van der Waals surface area contributed by atoms with Gasteiger partial charge in [-0.25, -0.2) is 4.79 Å². The van der Waals surface area contributed by atoms with Gasteiger partial charge in [-0.2, -0.15) is 0 Å². The number of fused-ring (bicyclic) bond motifs is 1. The Hall–Kier alpha value is -3.74. The van der Waals surface area contributed by atoms with Crippen LogP contribution in [0.3, 0.4) is 0 Å². The second-order valence-corrected chi connectivity index (χ2v) is 8.18. The number of carbonyl (C=O) groups excluding carboxylic acids is 2. The highest BCUT2D eigenvalue weighted by Gasteiger charge is 2.39. The normalized spacial score (nSPS) is 19.2. The number of hydrogen-bond acceptors (Lipinski definition) is 7. The minimum Gasteiger partial charge on any atom is -0.490 e. The molecule has 2 aromatic carbocycles. The maximum Gasteiger partial charge on any atom is 0.336 e. The van der Waals surface area contributed by atoms with Crippen molar-refractivity contribution in [2.45, 2.75) is 32.1 Å². The van der Waals surface area contributed by atoms with Crippen molar-refractivity contribution >= 4 is 11.8 Å². The number of nitrogens with one attached hydrogen (secondary N) is 1. The first-order valence-electron chi connectivity index (χ1n) is 11.1. The zero-order valence-electron chi connectivity index (χ0n) is 18.4. The molecule has 170 valence electrons. The van der Waals surface area contributed by atoms with Gasteiger partial charge in [0.15, 0.2) is 17.3 Å². The molecule has 0 saturated carbocycles. The van der Waals surface area contributed by atoms with Gasteiger partial charge in [0, 0.05) is 29.3 Å². The van der Waals surface area contributed by atoms with Gasteiger partial charge < -0.3 is 24.3 Å². The molecule has 7 nitrogen and oxygen atoms in total. The summed E-state index contributed by atoms with van der Waals surface area (Å²) < 4.78 is 22.2. The fourth-order valence-corrected chi connectivity index (χ4v) is 4.57. The first-order chi connectivity index (χ1) is 16.1. The minimum atomic E-state index is -0.522. The van der Waals surface area contributed by atoms with Crippen LogP contribution in [0.5, 0.6) is 17.2 Å². The Morgan fingerprint density at radius 1 is 1.06 bits per heavy atom. The van der Waals surface area contributed by atoms with Crippen LogP contribution in [0.1, 0.15) is 37.7 Å². The Morgan fingerprint density at radius 3 is 2.73 bits per heavy atom. The quantitative estimate of drug-likeness (QED) is 0.529. The smallest absolute Gasteiger partial charge is 0.336 e. The van der Waals surface area contributed by atoms with Crippen LogP contribution in [0.4, 0.5) is 0 Å². The van der Waals surface area contributed by atoms with Crippen molar-refractivity contribution in [1.82, 2.24) is 5.32 Å². The SMILES string of the molecule is CC1=C(C(=O)OCCOc2ccccc2)C(c2ccc3c(c2)OCO3)C2=C(CCCC2=O)N1. The highest BCUT2D eigenvalue weighted by Crippen LogP contribution is 2.45. The molecule has 0 amide bonds. The van der Waals surface area contributed by atoms with Crippen molar-refractivity contribution < 1.29 is 28.5 Å². The fourth-order valence-electron chi connectivity index (χ4n) is 4.57. The molecule has 2 heterocycles. The molecule has 2 aromatic rings. The third kappa shape index (κ3) is 4.18. The number of esters is 1. The number of Topliss-reactive ketones (excluding diaryl/α,β-unsaturated/α-hetero) is 1. The molecule has 0 fully saturated rings. The van der Waals surface area contributed by atoms with Crippen LogP contribution in [0.15, 0.2) is 71.1 Å². The monoisotopic (exact) mass is 447 g/mol. The van der Waals surface area contributed by atoms with E-state index in [0.717, 1.165) is 24.1 Å². The molecule has 3 aliphatic rings.